The quantitative estimate of drug-likeness (QED) is 0.676. The van der Waals surface area contributed by atoms with E-state index in [4.69, 9.17) is 10.5 Å². The van der Waals surface area contributed by atoms with Crippen molar-refractivity contribution in [2.24, 2.45) is 0 Å². The Morgan fingerprint density at radius 3 is 1.62 bits per heavy atom. The van der Waals surface area contributed by atoms with Crippen LogP contribution in [0.25, 0.3) is 0 Å². The molecule has 126 valence electrons. The molecule has 24 heavy (non-hydrogen) atoms. The van der Waals surface area contributed by atoms with Crippen molar-refractivity contribution >= 4 is 0 Å². The monoisotopic (exact) mass is 320 g/mol. The largest absolute Gasteiger partial charge is 0.198 e. The molecule has 0 atom stereocenters. The highest BCUT2D eigenvalue weighted by Crippen LogP contribution is 2.47. The molecule has 0 unspecified atom stereocenters. The molecule has 2 aromatic rings. The molecule has 0 spiro atoms. The Bertz CT molecular complexity index is 615. The van der Waals surface area contributed by atoms with E-state index in [1.54, 1.807) is 0 Å². The zero-order valence-electron chi connectivity index (χ0n) is 15.3. The van der Waals surface area contributed by atoms with Gasteiger partial charge in [-0.25, -0.2) is 0 Å². The zero-order chi connectivity index (χ0) is 18.3. The predicted molar refractivity (Wildman–Crippen MR) is 101 cm³/mol. The van der Waals surface area contributed by atoms with Gasteiger partial charge in [0.15, 0.2) is 0 Å². The summed E-state index contributed by atoms with van der Waals surface area (Å²) in [6, 6.07) is 24.2. The minimum absolute atomic E-state index is 0.110. The number of hydrogen-bond donors (Lipinski definition) is 0. The first-order valence-corrected chi connectivity index (χ1v) is 8.68. The van der Waals surface area contributed by atoms with Crippen molar-refractivity contribution in [2.75, 3.05) is 0 Å². The number of nitriles is 2. The lowest BCUT2D eigenvalue weighted by Crippen LogP contribution is -2.00. The molecule has 2 nitrogen and oxygen atoms in total. The van der Waals surface area contributed by atoms with E-state index in [9.17, 15) is 0 Å². The van der Waals surface area contributed by atoms with E-state index < -0.39 is 0 Å². The minimum atomic E-state index is -0.110. The van der Waals surface area contributed by atoms with E-state index in [0.29, 0.717) is 6.42 Å². The first kappa shape index (κ1) is 21.4. The fourth-order valence-electron chi connectivity index (χ4n) is 2.03. The van der Waals surface area contributed by atoms with Crippen molar-refractivity contribution in [3.63, 3.8) is 0 Å². The molecule has 0 radical (unpaired) electrons. The van der Waals surface area contributed by atoms with Crippen LogP contribution in [0.2, 0.25) is 0 Å². The molecule has 0 saturated heterocycles. The molecule has 0 N–H and O–H groups in total. The summed E-state index contributed by atoms with van der Waals surface area (Å²) in [5.41, 5.74) is 2.16. The van der Waals surface area contributed by atoms with Gasteiger partial charge in [0.05, 0.1) is 24.0 Å². The summed E-state index contributed by atoms with van der Waals surface area (Å²) in [5.74, 6) is 0. The lowest BCUT2D eigenvalue weighted by molar-refractivity contribution is 0.909. The van der Waals surface area contributed by atoms with Gasteiger partial charge in [0.2, 0.25) is 0 Å². The second-order valence-corrected chi connectivity index (χ2v) is 4.88. The van der Waals surface area contributed by atoms with Gasteiger partial charge in [-0.1, -0.05) is 88.4 Å². The van der Waals surface area contributed by atoms with E-state index in [-0.39, 0.29) is 5.41 Å². The van der Waals surface area contributed by atoms with Crippen LogP contribution in [0.4, 0.5) is 0 Å². The van der Waals surface area contributed by atoms with Crippen LogP contribution in [0.3, 0.4) is 0 Å². The van der Waals surface area contributed by atoms with Crippen LogP contribution >= 0.6 is 0 Å². The molecule has 0 aliphatic heterocycles. The number of benzene rings is 2. The van der Waals surface area contributed by atoms with Crippen molar-refractivity contribution in [3.8, 4) is 12.1 Å². The Labute approximate surface area is 147 Å². The molecule has 1 fully saturated rings. The second kappa shape index (κ2) is 12.9. The van der Waals surface area contributed by atoms with Crippen LogP contribution in [0.1, 0.15) is 51.7 Å². The highest BCUT2D eigenvalue weighted by atomic mass is 14.5. The van der Waals surface area contributed by atoms with Gasteiger partial charge in [-0.15, -0.1) is 0 Å². The van der Waals surface area contributed by atoms with Gasteiger partial charge in [-0.2, -0.15) is 10.5 Å². The molecule has 0 amide bonds. The summed E-state index contributed by atoms with van der Waals surface area (Å²) in [4.78, 5) is 0. The van der Waals surface area contributed by atoms with E-state index in [0.717, 1.165) is 18.4 Å². The van der Waals surface area contributed by atoms with Gasteiger partial charge in [-0.3, -0.25) is 0 Å². The van der Waals surface area contributed by atoms with Gasteiger partial charge in [0.1, 0.15) is 0 Å². The van der Waals surface area contributed by atoms with E-state index in [2.05, 4.69) is 12.1 Å². The smallest absolute Gasteiger partial charge is 0.0823 e. The standard InChI is InChI=1S/C10H9N.C8H7N.2C2H6/c11-8-10(6-7-10)9-4-2-1-3-5-9;9-7-6-8-4-2-1-3-5-8;2*1-2/h1-5H,6-7H2;1-5H,6H2;2*1-2H3. The second-order valence-electron chi connectivity index (χ2n) is 4.88. The van der Waals surface area contributed by atoms with Gasteiger partial charge >= 0.3 is 0 Å². The normalized spacial score (nSPS) is 12.2. The molecule has 3 rings (SSSR count). The molecule has 0 aromatic heterocycles. The average molecular weight is 320 g/mol. The van der Waals surface area contributed by atoms with E-state index in [1.807, 2.05) is 88.4 Å². The highest BCUT2D eigenvalue weighted by molar-refractivity contribution is 5.38. The summed E-state index contributed by atoms with van der Waals surface area (Å²) >= 11 is 0. The van der Waals surface area contributed by atoms with Crippen LogP contribution in [0, 0.1) is 22.7 Å². The summed E-state index contributed by atoms with van der Waals surface area (Å²) < 4.78 is 0. The summed E-state index contributed by atoms with van der Waals surface area (Å²) in [6.45, 7) is 8.00. The maximum Gasteiger partial charge on any atom is 0.0823 e. The molecule has 1 aliphatic rings. The maximum atomic E-state index is 8.86. The molecule has 1 aliphatic carbocycles. The fraction of sp³-hybridized carbons (Fsp3) is 0.364. The minimum Gasteiger partial charge on any atom is -0.198 e. The first-order chi connectivity index (χ1) is 11.8. The Morgan fingerprint density at radius 1 is 0.792 bits per heavy atom. The van der Waals surface area contributed by atoms with Crippen molar-refractivity contribution in [3.05, 3.63) is 71.8 Å². The van der Waals surface area contributed by atoms with Crippen molar-refractivity contribution in [2.45, 2.75) is 52.4 Å². The fourth-order valence-corrected chi connectivity index (χ4v) is 2.03. The third-order valence-electron chi connectivity index (χ3n) is 3.42. The summed E-state index contributed by atoms with van der Waals surface area (Å²) in [6.07, 6.45) is 2.59. The Balaban J connectivity index is 0.000000371. The zero-order valence-corrected chi connectivity index (χ0v) is 15.3. The van der Waals surface area contributed by atoms with E-state index >= 15 is 0 Å². The van der Waals surface area contributed by atoms with Crippen LogP contribution in [0.15, 0.2) is 60.7 Å². The number of nitrogens with zero attached hydrogens (tertiary/aromatic N) is 2. The Hall–Kier alpha value is -2.58. The molecule has 2 heteroatoms. The lowest BCUT2D eigenvalue weighted by Gasteiger charge is -2.03. The molecular weight excluding hydrogens is 292 g/mol. The first-order valence-electron chi connectivity index (χ1n) is 8.68. The molecule has 1 saturated carbocycles. The van der Waals surface area contributed by atoms with Crippen molar-refractivity contribution in [1.82, 2.24) is 0 Å². The predicted octanol–water partition coefficient (Wildman–Crippen LogP) is 6.05. The molecule has 0 bridgehead atoms. The van der Waals surface area contributed by atoms with Crippen LogP contribution in [-0.2, 0) is 11.8 Å². The highest BCUT2D eigenvalue weighted by Gasteiger charge is 2.44. The Morgan fingerprint density at radius 2 is 1.25 bits per heavy atom. The molecule has 0 heterocycles. The van der Waals surface area contributed by atoms with Crippen LogP contribution in [-0.4, -0.2) is 0 Å². The van der Waals surface area contributed by atoms with Crippen molar-refractivity contribution in [1.29, 1.82) is 10.5 Å². The summed E-state index contributed by atoms with van der Waals surface area (Å²) in [5, 5.41) is 17.1. The van der Waals surface area contributed by atoms with Gasteiger partial charge in [0, 0.05) is 0 Å². The van der Waals surface area contributed by atoms with Crippen molar-refractivity contribution < 1.29 is 0 Å². The number of hydrogen-bond acceptors (Lipinski definition) is 2. The maximum absolute atomic E-state index is 8.86. The van der Waals surface area contributed by atoms with Gasteiger partial charge < -0.3 is 0 Å². The van der Waals surface area contributed by atoms with Crippen LogP contribution < -0.4 is 0 Å². The molecule has 2 aromatic carbocycles. The lowest BCUT2D eigenvalue weighted by atomic mass is 9.98. The summed E-state index contributed by atoms with van der Waals surface area (Å²) in [7, 11) is 0. The van der Waals surface area contributed by atoms with E-state index in [1.165, 1.54) is 5.56 Å². The molecular formula is C22H28N2. The SMILES string of the molecule is CC.CC.N#CC1(c2ccccc2)CC1.N#CCc1ccccc1. The van der Waals surface area contributed by atoms with Gasteiger partial charge in [-0.05, 0) is 24.0 Å². The Kier molecular flexibility index (Phi) is 11.5. The third-order valence-corrected chi connectivity index (χ3v) is 3.42. The third kappa shape index (κ3) is 7.12. The van der Waals surface area contributed by atoms with Gasteiger partial charge in [0.25, 0.3) is 0 Å². The number of rotatable bonds is 2. The van der Waals surface area contributed by atoms with Crippen LogP contribution in [0.5, 0.6) is 0 Å². The average Bonchev–Trinajstić information content (AvgIpc) is 3.49. The topological polar surface area (TPSA) is 47.6 Å².